The molecular weight excluding hydrogens is 212 g/mol. The Morgan fingerprint density at radius 1 is 1.41 bits per heavy atom. The summed E-state index contributed by atoms with van der Waals surface area (Å²) in [6.07, 6.45) is 1.12. The monoisotopic (exact) mass is 242 g/mol. The molecule has 3 heteroatoms. The van der Waals surface area contributed by atoms with Crippen molar-refractivity contribution in [2.75, 3.05) is 26.8 Å². The van der Waals surface area contributed by atoms with Crippen LogP contribution in [0.1, 0.15) is 41.0 Å². The summed E-state index contributed by atoms with van der Waals surface area (Å²) in [6, 6.07) is 1.62. The van der Waals surface area contributed by atoms with Gasteiger partial charge in [-0.05, 0) is 32.4 Å². The van der Waals surface area contributed by atoms with E-state index in [4.69, 9.17) is 4.74 Å². The number of likely N-dealkylation sites (N-methyl/N-ethyl adjacent to an activating group) is 2. The highest BCUT2D eigenvalue weighted by Gasteiger charge is 2.34. The minimum Gasteiger partial charge on any atom is -0.380 e. The fraction of sp³-hybridized carbons (Fsp3) is 1.00. The van der Waals surface area contributed by atoms with Crippen LogP contribution in [0.5, 0.6) is 0 Å². The van der Waals surface area contributed by atoms with Gasteiger partial charge >= 0.3 is 0 Å². The molecule has 1 aliphatic rings. The Morgan fingerprint density at radius 3 is 2.59 bits per heavy atom. The van der Waals surface area contributed by atoms with Gasteiger partial charge in [0.25, 0.3) is 0 Å². The fourth-order valence-electron chi connectivity index (χ4n) is 2.52. The Morgan fingerprint density at radius 2 is 2.06 bits per heavy atom. The van der Waals surface area contributed by atoms with Crippen LogP contribution in [0.15, 0.2) is 0 Å². The smallest absolute Gasteiger partial charge is 0.0637 e. The van der Waals surface area contributed by atoms with E-state index in [-0.39, 0.29) is 0 Å². The van der Waals surface area contributed by atoms with Gasteiger partial charge in [-0.2, -0.15) is 0 Å². The Hall–Kier alpha value is -0.120. The molecular formula is C14H30N2O. The number of ether oxygens (including phenoxy) is 1. The van der Waals surface area contributed by atoms with Gasteiger partial charge in [-0.1, -0.05) is 27.7 Å². The highest BCUT2D eigenvalue weighted by atomic mass is 16.5. The molecule has 0 spiro atoms. The van der Waals surface area contributed by atoms with Crippen molar-refractivity contribution in [1.29, 1.82) is 0 Å². The zero-order chi connectivity index (χ0) is 13.1. The van der Waals surface area contributed by atoms with Crippen LogP contribution in [0.3, 0.4) is 0 Å². The molecule has 102 valence electrons. The molecule has 1 rings (SSSR count). The summed E-state index contributed by atoms with van der Waals surface area (Å²) in [6.45, 7) is 14.2. The largest absolute Gasteiger partial charge is 0.380 e. The predicted octanol–water partition coefficient (Wildman–Crippen LogP) is 2.12. The number of nitrogens with zero attached hydrogens (tertiary/aromatic N) is 1. The third kappa shape index (κ3) is 3.94. The standard InChI is InChI=1S/C14H30N2O/c1-7-15-12-8-9-17-10-13(12)16(6)11(2)14(3,4)5/h11-13,15H,7-10H2,1-6H3. The zero-order valence-corrected chi connectivity index (χ0v) is 12.4. The van der Waals surface area contributed by atoms with Crippen LogP contribution in [-0.2, 0) is 4.74 Å². The third-order valence-corrected chi connectivity index (χ3v) is 4.18. The molecule has 1 saturated heterocycles. The first-order valence-corrected chi connectivity index (χ1v) is 6.91. The Labute approximate surface area is 107 Å². The van der Waals surface area contributed by atoms with E-state index in [1.54, 1.807) is 0 Å². The summed E-state index contributed by atoms with van der Waals surface area (Å²) in [7, 11) is 2.24. The van der Waals surface area contributed by atoms with Crippen molar-refractivity contribution in [1.82, 2.24) is 10.2 Å². The number of nitrogens with one attached hydrogen (secondary N) is 1. The van der Waals surface area contributed by atoms with Crippen molar-refractivity contribution in [3.8, 4) is 0 Å². The molecule has 3 atom stereocenters. The normalized spacial score (nSPS) is 28.4. The van der Waals surface area contributed by atoms with Gasteiger partial charge in [0.15, 0.2) is 0 Å². The molecule has 0 saturated carbocycles. The van der Waals surface area contributed by atoms with E-state index in [1.165, 1.54) is 0 Å². The average Bonchev–Trinajstić information content (AvgIpc) is 2.27. The minimum atomic E-state index is 0.308. The van der Waals surface area contributed by atoms with E-state index < -0.39 is 0 Å². The predicted molar refractivity (Wildman–Crippen MR) is 73.4 cm³/mol. The van der Waals surface area contributed by atoms with Crippen molar-refractivity contribution >= 4 is 0 Å². The molecule has 3 nitrogen and oxygen atoms in total. The maximum atomic E-state index is 5.66. The highest BCUT2D eigenvalue weighted by Crippen LogP contribution is 2.26. The van der Waals surface area contributed by atoms with Gasteiger partial charge in [0.05, 0.1) is 6.61 Å². The lowest BCUT2D eigenvalue weighted by molar-refractivity contribution is -0.0229. The summed E-state index contributed by atoms with van der Waals surface area (Å²) in [4.78, 5) is 2.49. The van der Waals surface area contributed by atoms with Crippen LogP contribution in [-0.4, -0.2) is 49.8 Å². The van der Waals surface area contributed by atoms with Crippen molar-refractivity contribution < 1.29 is 4.74 Å². The van der Waals surface area contributed by atoms with Crippen molar-refractivity contribution in [2.24, 2.45) is 5.41 Å². The van der Waals surface area contributed by atoms with Crippen LogP contribution in [0.2, 0.25) is 0 Å². The van der Waals surface area contributed by atoms with E-state index in [2.05, 4.69) is 51.9 Å². The molecule has 0 aromatic heterocycles. The average molecular weight is 242 g/mol. The first-order valence-electron chi connectivity index (χ1n) is 6.91. The molecule has 1 heterocycles. The Balaban J connectivity index is 2.67. The summed E-state index contributed by atoms with van der Waals surface area (Å²) in [5, 5.41) is 3.60. The number of rotatable bonds is 4. The molecule has 0 aromatic rings. The minimum absolute atomic E-state index is 0.308. The molecule has 1 N–H and O–H groups in total. The van der Waals surface area contributed by atoms with Gasteiger partial charge in [0, 0.05) is 24.7 Å². The van der Waals surface area contributed by atoms with Crippen molar-refractivity contribution in [3.05, 3.63) is 0 Å². The number of hydrogen-bond donors (Lipinski definition) is 1. The first kappa shape index (κ1) is 14.9. The second kappa shape index (κ2) is 6.17. The molecule has 3 unspecified atom stereocenters. The van der Waals surface area contributed by atoms with E-state index in [1.807, 2.05) is 0 Å². The van der Waals surface area contributed by atoms with Gasteiger partial charge in [-0.3, -0.25) is 4.90 Å². The van der Waals surface area contributed by atoms with E-state index >= 15 is 0 Å². The number of hydrogen-bond acceptors (Lipinski definition) is 3. The second-order valence-corrected chi connectivity index (χ2v) is 6.30. The maximum absolute atomic E-state index is 5.66. The summed E-state index contributed by atoms with van der Waals surface area (Å²) in [5.74, 6) is 0. The second-order valence-electron chi connectivity index (χ2n) is 6.30. The van der Waals surface area contributed by atoms with E-state index in [9.17, 15) is 0 Å². The Kier molecular flexibility index (Phi) is 5.42. The summed E-state index contributed by atoms with van der Waals surface area (Å²) < 4.78 is 5.66. The van der Waals surface area contributed by atoms with Crippen molar-refractivity contribution in [3.63, 3.8) is 0 Å². The summed E-state index contributed by atoms with van der Waals surface area (Å²) in [5.41, 5.74) is 0.308. The maximum Gasteiger partial charge on any atom is 0.0637 e. The molecule has 0 bridgehead atoms. The van der Waals surface area contributed by atoms with Crippen LogP contribution >= 0.6 is 0 Å². The first-order chi connectivity index (χ1) is 7.88. The third-order valence-electron chi connectivity index (χ3n) is 4.18. The van der Waals surface area contributed by atoms with Gasteiger partial charge in [-0.25, -0.2) is 0 Å². The Bertz CT molecular complexity index is 223. The molecule has 0 amide bonds. The van der Waals surface area contributed by atoms with Crippen LogP contribution in [0.4, 0.5) is 0 Å². The summed E-state index contributed by atoms with van der Waals surface area (Å²) >= 11 is 0. The van der Waals surface area contributed by atoms with Gasteiger partial charge in [0.2, 0.25) is 0 Å². The molecule has 0 radical (unpaired) electrons. The molecule has 0 aliphatic carbocycles. The van der Waals surface area contributed by atoms with Gasteiger partial charge in [0.1, 0.15) is 0 Å². The zero-order valence-electron chi connectivity index (χ0n) is 12.4. The van der Waals surface area contributed by atoms with Crippen molar-refractivity contribution in [2.45, 2.75) is 59.2 Å². The lowest BCUT2D eigenvalue weighted by atomic mass is 9.85. The lowest BCUT2D eigenvalue weighted by Gasteiger charge is -2.45. The topological polar surface area (TPSA) is 24.5 Å². The van der Waals surface area contributed by atoms with Crippen LogP contribution < -0.4 is 5.32 Å². The molecule has 1 aliphatic heterocycles. The SMILES string of the molecule is CCNC1CCOCC1N(C)C(C)C(C)(C)C. The lowest BCUT2D eigenvalue weighted by Crippen LogP contribution is -2.58. The molecule has 17 heavy (non-hydrogen) atoms. The van der Waals surface area contributed by atoms with E-state index in [0.717, 1.165) is 26.2 Å². The molecule has 0 aromatic carbocycles. The molecule has 1 fully saturated rings. The highest BCUT2D eigenvalue weighted by molar-refractivity contribution is 4.90. The quantitative estimate of drug-likeness (QED) is 0.817. The van der Waals surface area contributed by atoms with Gasteiger partial charge in [-0.15, -0.1) is 0 Å². The van der Waals surface area contributed by atoms with Gasteiger partial charge < -0.3 is 10.1 Å². The van der Waals surface area contributed by atoms with E-state index in [0.29, 0.717) is 23.5 Å². The van der Waals surface area contributed by atoms with Crippen LogP contribution in [0.25, 0.3) is 0 Å². The van der Waals surface area contributed by atoms with Crippen LogP contribution in [0, 0.1) is 5.41 Å². The fourth-order valence-corrected chi connectivity index (χ4v) is 2.52.